The van der Waals surface area contributed by atoms with E-state index in [1.165, 1.54) is 0 Å². The molecule has 0 spiro atoms. The number of aliphatic hydroxyl groups excluding tert-OH is 1. The molecule has 0 unspecified atom stereocenters. The maximum absolute atomic E-state index is 9.08. The van der Waals surface area contributed by atoms with Crippen LogP contribution < -0.4 is 4.74 Å². The molecule has 96 valence electrons. The zero-order valence-electron chi connectivity index (χ0n) is 10.4. The standard InChI is InChI=1S/C14H13N3O2/c1-19-13-5-3-2-4-11(13)12-6-7-14-15-10(9-18)8-17(14)16-12/h2-8,18H,9H2,1H3. The SMILES string of the molecule is COc1ccccc1-c1ccc2nc(CO)cn2n1. The van der Waals surface area contributed by atoms with Gasteiger partial charge in [0.05, 0.1) is 31.3 Å². The second-order valence-corrected chi connectivity index (χ2v) is 4.11. The van der Waals surface area contributed by atoms with E-state index in [0.717, 1.165) is 17.0 Å². The Morgan fingerprint density at radius 3 is 2.84 bits per heavy atom. The quantitative estimate of drug-likeness (QED) is 0.776. The van der Waals surface area contributed by atoms with Crippen LogP contribution in [0.3, 0.4) is 0 Å². The molecular formula is C14H13N3O2. The summed E-state index contributed by atoms with van der Waals surface area (Å²) in [6.07, 6.45) is 1.72. The van der Waals surface area contributed by atoms with Crippen molar-refractivity contribution < 1.29 is 9.84 Å². The largest absolute Gasteiger partial charge is 0.496 e. The number of hydrogen-bond acceptors (Lipinski definition) is 4. The Morgan fingerprint density at radius 1 is 1.21 bits per heavy atom. The number of aromatic nitrogens is 3. The fraction of sp³-hybridized carbons (Fsp3) is 0.143. The molecule has 0 saturated heterocycles. The highest BCUT2D eigenvalue weighted by molar-refractivity contribution is 5.67. The summed E-state index contributed by atoms with van der Waals surface area (Å²) in [7, 11) is 1.64. The van der Waals surface area contributed by atoms with Crippen LogP contribution in [0.1, 0.15) is 5.69 Å². The van der Waals surface area contributed by atoms with Crippen LogP contribution in [0, 0.1) is 0 Å². The van der Waals surface area contributed by atoms with Crippen LogP contribution in [0.2, 0.25) is 0 Å². The molecule has 0 radical (unpaired) electrons. The molecule has 0 aliphatic rings. The van der Waals surface area contributed by atoms with Crippen molar-refractivity contribution >= 4 is 5.65 Å². The monoisotopic (exact) mass is 255 g/mol. The molecule has 3 aromatic rings. The first-order chi connectivity index (χ1) is 9.31. The van der Waals surface area contributed by atoms with Crippen molar-refractivity contribution in [2.24, 2.45) is 0 Å². The summed E-state index contributed by atoms with van der Waals surface area (Å²) in [5.74, 6) is 0.775. The van der Waals surface area contributed by atoms with E-state index in [9.17, 15) is 0 Å². The third-order valence-corrected chi connectivity index (χ3v) is 2.91. The number of aliphatic hydroxyl groups is 1. The Balaban J connectivity index is 2.14. The van der Waals surface area contributed by atoms with Crippen LogP contribution in [-0.2, 0) is 6.61 Å². The predicted octanol–water partition coefficient (Wildman–Crippen LogP) is 1.90. The minimum absolute atomic E-state index is 0.0899. The van der Waals surface area contributed by atoms with Crippen LogP contribution in [0.4, 0.5) is 0 Å². The van der Waals surface area contributed by atoms with Gasteiger partial charge in [0.15, 0.2) is 5.65 Å². The van der Waals surface area contributed by atoms with Gasteiger partial charge >= 0.3 is 0 Å². The number of imidazole rings is 1. The number of benzene rings is 1. The lowest BCUT2D eigenvalue weighted by Crippen LogP contribution is -1.95. The number of methoxy groups -OCH3 is 1. The molecule has 0 atom stereocenters. The van der Waals surface area contributed by atoms with Crippen molar-refractivity contribution in [1.29, 1.82) is 0 Å². The van der Waals surface area contributed by atoms with Gasteiger partial charge in [-0.3, -0.25) is 0 Å². The molecule has 0 aliphatic carbocycles. The molecule has 1 aromatic carbocycles. The lowest BCUT2D eigenvalue weighted by molar-refractivity contribution is 0.277. The summed E-state index contributed by atoms with van der Waals surface area (Å²) in [6, 6.07) is 11.5. The van der Waals surface area contributed by atoms with Gasteiger partial charge in [-0.25, -0.2) is 9.50 Å². The van der Waals surface area contributed by atoms with Crippen molar-refractivity contribution in [3.05, 3.63) is 48.3 Å². The van der Waals surface area contributed by atoms with E-state index in [1.54, 1.807) is 17.8 Å². The van der Waals surface area contributed by atoms with Crippen molar-refractivity contribution in [2.75, 3.05) is 7.11 Å². The van der Waals surface area contributed by atoms with Crippen molar-refractivity contribution in [1.82, 2.24) is 14.6 Å². The van der Waals surface area contributed by atoms with E-state index in [0.29, 0.717) is 11.3 Å². The number of rotatable bonds is 3. The highest BCUT2D eigenvalue weighted by Gasteiger charge is 2.08. The number of fused-ring (bicyclic) bond motifs is 1. The van der Waals surface area contributed by atoms with Gasteiger partial charge < -0.3 is 9.84 Å². The summed E-state index contributed by atoms with van der Waals surface area (Å²) in [4.78, 5) is 4.23. The molecule has 0 saturated carbocycles. The van der Waals surface area contributed by atoms with Crippen LogP contribution >= 0.6 is 0 Å². The third kappa shape index (κ3) is 2.04. The Kier molecular flexibility index (Phi) is 2.89. The first-order valence-corrected chi connectivity index (χ1v) is 5.91. The summed E-state index contributed by atoms with van der Waals surface area (Å²) in [5.41, 5.74) is 3.03. The fourth-order valence-electron chi connectivity index (χ4n) is 2.01. The van der Waals surface area contributed by atoms with Crippen molar-refractivity contribution in [2.45, 2.75) is 6.61 Å². The van der Waals surface area contributed by atoms with Gasteiger partial charge in [-0.1, -0.05) is 12.1 Å². The van der Waals surface area contributed by atoms with Crippen LogP contribution in [0.5, 0.6) is 5.75 Å². The maximum Gasteiger partial charge on any atom is 0.153 e. The molecule has 1 N–H and O–H groups in total. The summed E-state index contributed by atoms with van der Waals surface area (Å²) < 4.78 is 6.99. The molecule has 0 fully saturated rings. The van der Waals surface area contributed by atoms with Crippen LogP contribution in [-0.4, -0.2) is 26.8 Å². The van der Waals surface area contributed by atoms with Crippen molar-refractivity contribution in [3.8, 4) is 17.0 Å². The summed E-state index contributed by atoms with van der Waals surface area (Å²) in [6.45, 7) is -0.0899. The van der Waals surface area contributed by atoms with E-state index < -0.39 is 0 Å². The summed E-state index contributed by atoms with van der Waals surface area (Å²) in [5, 5.41) is 13.6. The van der Waals surface area contributed by atoms with E-state index in [4.69, 9.17) is 9.84 Å². The first-order valence-electron chi connectivity index (χ1n) is 5.91. The van der Waals surface area contributed by atoms with Crippen LogP contribution in [0.15, 0.2) is 42.6 Å². The highest BCUT2D eigenvalue weighted by atomic mass is 16.5. The second-order valence-electron chi connectivity index (χ2n) is 4.11. The second kappa shape index (κ2) is 4.70. The fourth-order valence-corrected chi connectivity index (χ4v) is 2.01. The van der Waals surface area contributed by atoms with Gasteiger partial charge in [0, 0.05) is 5.56 Å². The zero-order chi connectivity index (χ0) is 13.2. The lowest BCUT2D eigenvalue weighted by atomic mass is 10.1. The number of hydrogen-bond donors (Lipinski definition) is 1. The molecule has 0 aliphatic heterocycles. The summed E-state index contributed by atoms with van der Waals surface area (Å²) >= 11 is 0. The van der Waals surface area contributed by atoms with Gasteiger partial charge in [-0.05, 0) is 24.3 Å². The minimum atomic E-state index is -0.0899. The molecule has 0 bridgehead atoms. The number of ether oxygens (including phenoxy) is 1. The Labute approximate surface area is 110 Å². The molecule has 5 nitrogen and oxygen atoms in total. The Morgan fingerprint density at radius 2 is 2.05 bits per heavy atom. The number of nitrogens with zero attached hydrogens (tertiary/aromatic N) is 3. The third-order valence-electron chi connectivity index (χ3n) is 2.91. The average molecular weight is 255 g/mol. The molecule has 19 heavy (non-hydrogen) atoms. The van der Waals surface area contributed by atoms with E-state index in [1.807, 2.05) is 36.4 Å². The van der Waals surface area contributed by atoms with Gasteiger partial charge in [0.1, 0.15) is 5.75 Å². The van der Waals surface area contributed by atoms with Gasteiger partial charge in [-0.2, -0.15) is 5.10 Å². The molecule has 5 heteroatoms. The normalized spacial score (nSPS) is 10.8. The van der Waals surface area contributed by atoms with E-state index in [2.05, 4.69) is 10.1 Å². The molecule has 2 aromatic heterocycles. The first kappa shape index (κ1) is 11.7. The van der Waals surface area contributed by atoms with Crippen LogP contribution in [0.25, 0.3) is 16.9 Å². The van der Waals surface area contributed by atoms with Crippen molar-refractivity contribution in [3.63, 3.8) is 0 Å². The van der Waals surface area contributed by atoms with Gasteiger partial charge in [0.2, 0.25) is 0 Å². The minimum Gasteiger partial charge on any atom is -0.496 e. The van der Waals surface area contributed by atoms with E-state index in [-0.39, 0.29) is 6.61 Å². The topological polar surface area (TPSA) is 59.7 Å². The molecular weight excluding hydrogens is 242 g/mol. The smallest absolute Gasteiger partial charge is 0.153 e. The van der Waals surface area contributed by atoms with Gasteiger partial charge in [-0.15, -0.1) is 0 Å². The Bertz CT molecular complexity index is 722. The highest BCUT2D eigenvalue weighted by Crippen LogP contribution is 2.27. The molecule has 3 rings (SSSR count). The Hall–Kier alpha value is -2.40. The van der Waals surface area contributed by atoms with Gasteiger partial charge in [0.25, 0.3) is 0 Å². The average Bonchev–Trinajstić information content (AvgIpc) is 2.89. The zero-order valence-corrected chi connectivity index (χ0v) is 10.4. The molecule has 0 amide bonds. The van der Waals surface area contributed by atoms with E-state index >= 15 is 0 Å². The number of para-hydroxylation sites is 1. The maximum atomic E-state index is 9.08. The lowest BCUT2D eigenvalue weighted by Gasteiger charge is -2.07. The molecule has 2 heterocycles. The predicted molar refractivity (Wildman–Crippen MR) is 70.9 cm³/mol.